The van der Waals surface area contributed by atoms with Crippen molar-refractivity contribution in [1.82, 2.24) is 15.2 Å². The van der Waals surface area contributed by atoms with E-state index in [0.717, 1.165) is 5.56 Å². The maximum atomic E-state index is 13.7. The third kappa shape index (κ3) is 7.51. The first kappa shape index (κ1) is 32.1. The van der Waals surface area contributed by atoms with Crippen molar-refractivity contribution in [3.8, 4) is 5.75 Å². The zero-order valence-corrected chi connectivity index (χ0v) is 25.8. The van der Waals surface area contributed by atoms with Gasteiger partial charge in [0.2, 0.25) is 0 Å². The molecule has 5 rings (SSSR count). The summed E-state index contributed by atoms with van der Waals surface area (Å²) >= 11 is 0. The monoisotopic (exact) mass is 622 g/mol. The number of para-hydroxylation sites is 3. The Bertz CT molecular complexity index is 1680. The van der Waals surface area contributed by atoms with Crippen molar-refractivity contribution in [3.05, 3.63) is 114 Å². The van der Waals surface area contributed by atoms with E-state index < -0.39 is 6.04 Å². The van der Waals surface area contributed by atoms with Crippen molar-refractivity contribution in [2.45, 2.75) is 32.5 Å². The molecule has 0 saturated carbocycles. The number of anilines is 3. The van der Waals surface area contributed by atoms with Crippen LogP contribution in [0.1, 0.15) is 50.5 Å². The van der Waals surface area contributed by atoms with Gasteiger partial charge in [-0.25, -0.2) is 0 Å². The number of carbonyl (C=O) groups is 3. The van der Waals surface area contributed by atoms with E-state index in [0.29, 0.717) is 53.4 Å². The van der Waals surface area contributed by atoms with Crippen LogP contribution >= 0.6 is 0 Å². The number of carbonyl (C=O) groups excluding carboxylic acids is 3. The molecule has 238 valence electrons. The van der Waals surface area contributed by atoms with Crippen LogP contribution in [0.2, 0.25) is 0 Å². The van der Waals surface area contributed by atoms with Crippen molar-refractivity contribution in [2.24, 2.45) is 5.92 Å². The highest BCUT2D eigenvalue weighted by Crippen LogP contribution is 2.35. The molecule has 0 radical (unpaired) electrons. The van der Waals surface area contributed by atoms with E-state index in [1.54, 1.807) is 72.5 Å². The van der Waals surface area contributed by atoms with Gasteiger partial charge in [-0.05, 0) is 61.0 Å². The second kappa shape index (κ2) is 14.7. The molecule has 0 unspecified atom stereocenters. The number of fused-ring (bicyclic) bond motifs is 1. The molecule has 1 aromatic heterocycles. The zero-order chi connectivity index (χ0) is 32.6. The van der Waals surface area contributed by atoms with Crippen LogP contribution < -0.4 is 26.4 Å². The van der Waals surface area contributed by atoms with Gasteiger partial charge in [0, 0.05) is 49.1 Å². The van der Waals surface area contributed by atoms with Crippen molar-refractivity contribution < 1.29 is 24.2 Å². The van der Waals surface area contributed by atoms with Gasteiger partial charge in [-0.1, -0.05) is 37.3 Å². The number of nitrogen functional groups attached to an aromatic ring is 1. The molecule has 4 aromatic rings. The van der Waals surface area contributed by atoms with Crippen LogP contribution in [0.15, 0.2) is 91.3 Å². The van der Waals surface area contributed by atoms with Gasteiger partial charge in [0.25, 0.3) is 17.7 Å². The molecule has 3 atom stereocenters. The number of rotatable bonds is 10. The largest absolute Gasteiger partial charge is 0.486 e. The van der Waals surface area contributed by atoms with Crippen molar-refractivity contribution in [1.29, 1.82) is 0 Å². The maximum Gasteiger partial charge on any atom is 0.258 e. The summed E-state index contributed by atoms with van der Waals surface area (Å²) in [7, 11) is 0. The summed E-state index contributed by atoms with van der Waals surface area (Å²) in [5, 5.41) is 19.1. The van der Waals surface area contributed by atoms with Crippen molar-refractivity contribution in [3.63, 3.8) is 0 Å². The van der Waals surface area contributed by atoms with Gasteiger partial charge in [0.1, 0.15) is 6.10 Å². The number of aliphatic hydroxyl groups is 1. The van der Waals surface area contributed by atoms with Gasteiger partial charge < -0.3 is 36.4 Å². The van der Waals surface area contributed by atoms with Gasteiger partial charge in [-0.3, -0.25) is 19.4 Å². The molecule has 0 saturated heterocycles. The van der Waals surface area contributed by atoms with Gasteiger partial charge in [0.05, 0.1) is 35.3 Å². The smallest absolute Gasteiger partial charge is 0.258 e. The topological polar surface area (TPSA) is 159 Å². The first-order valence-electron chi connectivity index (χ1n) is 15.1. The Morgan fingerprint density at radius 1 is 0.957 bits per heavy atom. The van der Waals surface area contributed by atoms with Crippen LogP contribution in [0, 0.1) is 5.92 Å². The number of nitrogens with zero attached hydrogens (tertiary/aromatic N) is 2. The summed E-state index contributed by atoms with van der Waals surface area (Å²) in [4.78, 5) is 45.1. The quantitative estimate of drug-likeness (QED) is 0.165. The summed E-state index contributed by atoms with van der Waals surface area (Å²) in [5.41, 5.74) is 9.55. The lowest BCUT2D eigenvalue weighted by atomic mass is 9.99. The Labute approximate surface area is 267 Å². The highest BCUT2D eigenvalue weighted by atomic mass is 16.5. The Morgan fingerprint density at radius 2 is 1.61 bits per heavy atom. The predicted octanol–water partition coefficient (Wildman–Crippen LogP) is 4.18. The molecule has 46 heavy (non-hydrogen) atoms. The lowest BCUT2D eigenvalue weighted by Gasteiger charge is -2.37. The molecule has 3 amide bonds. The molecule has 11 nitrogen and oxygen atoms in total. The molecule has 1 aliphatic rings. The fourth-order valence-corrected chi connectivity index (χ4v) is 5.22. The summed E-state index contributed by atoms with van der Waals surface area (Å²) < 4.78 is 6.54. The summed E-state index contributed by atoms with van der Waals surface area (Å²) in [6.45, 7) is 4.90. The fourth-order valence-electron chi connectivity index (χ4n) is 5.22. The first-order chi connectivity index (χ1) is 22.2. The lowest BCUT2D eigenvalue weighted by Crippen LogP contribution is -2.49. The van der Waals surface area contributed by atoms with E-state index in [-0.39, 0.29) is 42.1 Å². The predicted molar refractivity (Wildman–Crippen MR) is 177 cm³/mol. The van der Waals surface area contributed by atoms with E-state index in [1.165, 1.54) is 12.4 Å². The molecule has 11 heteroatoms. The standard InChI is InChI=1S/C35H38N6O5/c1-22-20-41(23(2)21-42)35(45)27-6-5-9-30(40-34(44)26-14-16-37-17-15-26)32(27)46-31(22)19-38-18-24-10-12-25(13-11-24)33(43)39-29-8-4-3-7-28(29)36/h3-17,22-23,31,38,42H,18-21,36H2,1-2H3,(H,39,43)(H,40,44)/t22-,23-,31+/m0/s1. The molecular weight excluding hydrogens is 584 g/mol. The number of aromatic nitrogens is 1. The van der Waals surface area contributed by atoms with Crippen molar-refractivity contribution in [2.75, 3.05) is 36.1 Å². The number of hydrogen-bond acceptors (Lipinski definition) is 8. The highest BCUT2D eigenvalue weighted by molar-refractivity contribution is 6.07. The van der Waals surface area contributed by atoms with E-state index >= 15 is 0 Å². The number of nitrogens with one attached hydrogen (secondary N) is 3. The molecule has 6 N–H and O–H groups in total. The van der Waals surface area contributed by atoms with Gasteiger partial charge in [-0.15, -0.1) is 0 Å². The number of benzene rings is 3. The number of pyridine rings is 1. The molecular formula is C35H38N6O5. The number of nitrogens with two attached hydrogens (primary N) is 1. The van der Waals surface area contributed by atoms with E-state index in [4.69, 9.17) is 10.5 Å². The van der Waals surface area contributed by atoms with Crippen LogP contribution in [0.3, 0.4) is 0 Å². The Kier molecular flexibility index (Phi) is 10.3. The Balaban J connectivity index is 1.31. The average molecular weight is 623 g/mol. The summed E-state index contributed by atoms with van der Waals surface area (Å²) in [5.74, 6) is -0.747. The first-order valence-corrected chi connectivity index (χ1v) is 15.1. The average Bonchev–Trinajstić information content (AvgIpc) is 3.07. The van der Waals surface area contributed by atoms with E-state index in [1.807, 2.05) is 25.1 Å². The Morgan fingerprint density at radius 3 is 2.30 bits per heavy atom. The minimum atomic E-state index is -0.418. The Hall–Kier alpha value is -5.26. The SMILES string of the molecule is C[C@H]1CN([C@@H](C)CO)C(=O)c2cccc(NC(=O)c3ccncc3)c2O[C@@H]1CNCc1ccc(C(=O)Nc2ccccc2N)cc1. The normalized spacial score (nSPS) is 16.8. The molecule has 3 aromatic carbocycles. The third-order valence-corrected chi connectivity index (χ3v) is 7.98. The van der Waals surface area contributed by atoms with Crippen LogP contribution in [0.25, 0.3) is 0 Å². The van der Waals surface area contributed by atoms with Gasteiger partial charge in [-0.2, -0.15) is 0 Å². The molecule has 2 heterocycles. The number of aliphatic hydroxyl groups excluding tert-OH is 1. The minimum absolute atomic E-state index is 0.126. The van der Waals surface area contributed by atoms with Gasteiger partial charge >= 0.3 is 0 Å². The summed E-state index contributed by atoms with van der Waals surface area (Å²) in [6, 6.07) is 22.2. The molecule has 0 aliphatic carbocycles. The number of amides is 3. The lowest BCUT2D eigenvalue weighted by molar-refractivity contribution is 0.0413. The molecule has 0 bridgehead atoms. The van der Waals surface area contributed by atoms with E-state index in [9.17, 15) is 19.5 Å². The molecule has 0 spiro atoms. The maximum absolute atomic E-state index is 13.7. The molecule has 0 fully saturated rings. The fraction of sp³-hybridized carbons (Fsp3) is 0.257. The number of ether oxygens (including phenoxy) is 1. The zero-order valence-electron chi connectivity index (χ0n) is 25.8. The summed E-state index contributed by atoms with van der Waals surface area (Å²) in [6.07, 6.45) is 2.68. The van der Waals surface area contributed by atoms with Crippen LogP contribution in [0.5, 0.6) is 5.75 Å². The minimum Gasteiger partial charge on any atom is -0.486 e. The van der Waals surface area contributed by atoms with Gasteiger partial charge in [0.15, 0.2) is 5.75 Å². The third-order valence-electron chi connectivity index (χ3n) is 7.98. The van der Waals surface area contributed by atoms with Crippen LogP contribution in [-0.4, -0.2) is 64.6 Å². The second-order valence-electron chi connectivity index (χ2n) is 11.4. The highest BCUT2D eigenvalue weighted by Gasteiger charge is 2.34. The second-order valence-corrected chi connectivity index (χ2v) is 11.4. The van der Waals surface area contributed by atoms with Crippen LogP contribution in [0.4, 0.5) is 17.1 Å². The van der Waals surface area contributed by atoms with Crippen LogP contribution in [-0.2, 0) is 6.54 Å². The van der Waals surface area contributed by atoms with E-state index in [2.05, 4.69) is 20.9 Å². The number of hydrogen-bond donors (Lipinski definition) is 5. The van der Waals surface area contributed by atoms with Crippen molar-refractivity contribution >= 4 is 34.8 Å². The molecule has 1 aliphatic heterocycles.